The number of halogens is 4. The molecular weight excluding hydrogens is 323 g/mol. The van der Waals surface area contributed by atoms with E-state index in [1.807, 2.05) is 0 Å². The molecular formula is C13H9Cl2F2N3O. The predicted octanol–water partition coefficient (Wildman–Crippen LogP) is 4.50. The highest BCUT2D eigenvalue weighted by Crippen LogP contribution is 2.25. The Hall–Kier alpha value is -2.05. The van der Waals surface area contributed by atoms with Crippen molar-refractivity contribution in [3.63, 3.8) is 0 Å². The molecule has 0 aromatic heterocycles. The van der Waals surface area contributed by atoms with E-state index < -0.39 is 17.7 Å². The quantitative estimate of drug-likeness (QED) is 0.709. The number of anilines is 3. The number of urea groups is 1. The minimum absolute atomic E-state index is 0.230. The summed E-state index contributed by atoms with van der Waals surface area (Å²) in [5.74, 6) is -1.82. The number of carbonyl (C=O) groups is 1. The Morgan fingerprint density at radius 1 is 1.00 bits per heavy atom. The van der Waals surface area contributed by atoms with Crippen molar-refractivity contribution in [3.05, 3.63) is 52.0 Å². The Labute approximate surface area is 128 Å². The van der Waals surface area contributed by atoms with Gasteiger partial charge in [0.1, 0.15) is 11.5 Å². The van der Waals surface area contributed by atoms with Gasteiger partial charge in [0.15, 0.2) is 5.82 Å². The third-order valence-electron chi connectivity index (χ3n) is 2.44. The third-order valence-corrected chi connectivity index (χ3v) is 2.88. The molecule has 0 saturated carbocycles. The second-order valence-corrected chi connectivity index (χ2v) is 4.96. The number of amides is 2. The Morgan fingerprint density at radius 2 is 1.62 bits per heavy atom. The molecule has 0 aliphatic carbocycles. The maximum absolute atomic E-state index is 13.5. The van der Waals surface area contributed by atoms with Gasteiger partial charge in [0.2, 0.25) is 0 Å². The molecule has 0 fully saturated rings. The van der Waals surface area contributed by atoms with Crippen LogP contribution in [-0.2, 0) is 0 Å². The fraction of sp³-hybridized carbons (Fsp3) is 0. The monoisotopic (exact) mass is 331 g/mol. The summed E-state index contributed by atoms with van der Waals surface area (Å²) in [5.41, 5.74) is 5.21. The molecule has 0 saturated heterocycles. The summed E-state index contributed by atoms with van der Waals surface area (Å²) >= 11 is 11.6. The van der Waals surface area contributed by atoms with Crippen molar-refractivity contribution in [1.29, 1.82) is 0 Å². The molecule has 110 valence electrons. The van der Waals surface area contributed by atoms with Crippen molar-refractivity contribution in [1.82, 2.24) is 0 Å². The highest BCUT2D eigenvalue weighted by Gasteiger charge is 2.12. The van der Waals surface area contributed by atoms with Crippen LogP contribution in [0, 0.1) is 11.6 Å². The number of hydrogen-bond acceptors (Lipinski definition) is 2. The van der Waals surface area contributed by atoms with Crippen molar-refractivity contribution in [3.8, 4) is 0 Å². The largest absolute Gasteiger partial charge is 0.397 e. The lowest BCUT2D eigenvalue weighted by Gasteiger charge is -2.11. The van der Waals surface area contributed by atoms with E-state index in [2.05, 4.69) is 10.6 Å². The zero-order valence-electron chi connectivity index (χ0n) is 10.4. The summed E-state index contributed by atoms with van der Waals surface area (Å²) in [5, 5.41) is 5.25. The highest BCUT2D eigenvalue weighted by molar-refractivity contribution is 6.35. The first-order valence-corrected chi connectivity index (χ1v) is 6.39. The average Bonchev–Trinajstić information content (AvgIpc) is 2.32. The van der Waals surface area contributed by atoms with Gasteiger partial charge in [0.05, 0.1) is 5.69 Å². The Morgan fingerprint density at radius 3 is 2.19 bits per heavy atom. The molecule has 8 heteroatoms. The van der Waals surface area contributed by atoms with Crippen molar-refractivity contribution >= 4 is 46.3 Å². The smallest absolute Gasteiger partial charge is 0.323 e. The standard InChI is InChI=1S/C13H9Cl2F2N3O/c14-6-1-7(15)3-9(2-6)19-13(21)20-12-10(17)4-8(16)5-11(12)18/h1-5H,18H2,(H2,19,20,21). The van der Waals surface area contributed by atoms with E-state index in [1.54, 1.807) is 0 Å². The van der Waals surface area contributed by atoms with Gasteiger partial charge in [-0.1, -0.05) is 23.2 Å². The Balaban J connectivity index is 2.15. The van der Waals surface area contributed by atoms with E-state index in [4.69, 9.17) is 28.9 Å². The van der Waals surface area contributed by atoms with Crippen LogP contribution in [-0.4, -0.2) is 6.03 Å². The molecule has 0 aliphatic heterocycles. The first-order valence-electron chi connectivity index (χ1n) is 5.64. The van der Waals surface area contributed by atoms with Crippen molar-refractivity contribution in [2.45, 2.75) is 0 Å². The minimum atomic E-state index is -0.980. The summed E-state index contributed by atoms with van der Waals surface area (Å²) in [6.45, 7) is 0. The van der Waals surface area contributed by atoms with Crippen molar-refractivity contribution in [2.24, 2.45) is 0 Å². The van der Waals surface area contributed by atoms with Gasteiger partial charge >= 0.3 is 6.03 Å². The van der Waals surface area contributed by atoms with E-state index in [1.165, 1.54) is 18.2 Å². The van der Waals surface area contributed by atoms with Gasteiger partial charge in [0, 0.05) is 21.8 Å². The Bertz CT molecular complexity index is 667. The molecule has 0 unspecified atom stereocenters. The number of nitrogen functional groups attached to an aromatic ring is 1. The van der Waals surface area contributed by atoms with E-state index in [0.717, 1.165) is 6.07 Å². The molecule has 0 radical (unpaired) electrons. The van der Waals surface area contributed by atoms with E-state index >= 15 is 0 Å². The van der Waals surface area contributed by atoms with Crippen molar-refractivity contribution < 1.29 is 13.6 Å². The number of carbonyl (C=O) groups excluding carboxylic acids is 1. The summed E-state index contributed by atoms with van der Waals surface area (Å²) in [7, 11) is 0. The molecule has 0 spiro atoms. The lowest BCUT2D eigenvalue weighted by atomic mass is 10.2. The predicted molar refractivity (Wildman–Crippen MR) is 79.9 cm³/mol. The molecule has 4 nitrogen and oxygen atoms in total. The van der Waals surface area contributed by atoms with Gasteiger partial charge < -0.3 is 16.4 Å². The van der Waals surface area contributed by atoms with E-state index in [-0.39, 0.29) is 11.4 Å². The SMILES string of the molecule is Nc1cc(F)cc(F)c1NC(=O)Nc1cc(Cl)cc(Cl)c1. The first-order chi connectivity index (χ1) is 9.85. The number of benzene rings is 2. The Kier molecular flexibility index (Phi) is 4.50. The zero-order valence-corrected chi connectivity index (χ0v) is 11.9. The summed E-state index contributed by atoms with van der Waals surface area (Å²) < 4.78 is 26.4. The molecule has 4 N–H and O–H groups in total. The average molecular weight is 332 g/mol. The van der Waals surface area contributed by atoms with Crippen LogP contribution >= 0.6 is 23.2 Å². The molecule has 2 amide bonds. The first kappa shape index (κ1) is 15.3. The maximum atomic E-state index is 13.5. The van der Waals surface area contributed by atoms with Crippen LogP contribution in [0.2, 0.25) is 10.0 Å². The zero-order chi connectivity index (χ0) is 15.6. The molecule has 0 bridgehead atoms. The lowest BCUT2D eigenvalue weighted by Crippen LogP contribution is -2.21. The van der Waals surface area contributed by atoms with Gasteiger partial charge in [-0.05, 0) is 24.3 Å². The summed E-state index contributed by atoms with van der Waals surface area (Å²) in [6.07, 6.45) is 0. The second-order valence-electron chi connectivity index (χ2n) is 4.09. The van der Waals surface area contributed by atoms with Crippen LogP contribution in [0.5, 0.6) is 0 Å². The van der Waals surface area contributed by atoms with Gasteiger partial charge in [-0.3, -0.25) is 0 Å². The van der Waals surface area contributed by atoms with E-state index in [9.17, 15) is 13.6 Å². The molecule has 2 aromatic carbocycles. The van der Waals surface area contributed by atoms with Crippen LogP contribution in [0.4, 0.5) is 30.6 Å². The normalized spacial score (nSPS) is 10.3. The van der Waals surface area contributed by atoms with Crippen LogP contribution in [0.25, 0.3) is 0 Å². The topological polar surface area (TPSA) is 67.1 Å². The fourth-order valence-electron chi connectivity index (χ4n) is 1.63. The van der Waals surface area contributed by atoms with E-state index in [0.29, 0.717) is 21.8 Å². The second kappa shape index (κ2) is 6.15. The van der Waals surface area contributed by atoms with Gasteiger partial charge in [-0.25, -0.2) is 13.6 Å². The van der Waals surface area contributed by atoms with Crippen LogP contribution < -0.4 is 16.4 Å². The minimum Gasteiger partial charge on any atom is -0.397 e. The molecule has 21 heavy (non-hydrogen) atoms. The number of nitrogens with two attached hydrogens (primary N) is 1. The van der Waals surface area contributed by atoms with Crippen LogP contribution in [0.1, 0.15) is 0 Å². The van der Waals surface area contributed by atoms with Crippen LogP contribution in [0.3, 0.4) is 0 Å². The number of rotatable bonds is 2. The highest BCUT2D eigenvalue weighted by atomic mass is 35.5. The van der Waals surface area contributed by atoms with Gasteiger partial charge in [-0.2, -0.15) is 0 Å². The molecule has 0 atom stereocenters. The van der Waals surface area contributed by atoms with Crippen molar-refractivity contribution in [2.75, 3.05) is 16.4 Å². The molecule has 2 aromatic rings. The third kappa shape index (κ3) is 3.96. The van der Waals surface area contributed by atoms with Gasteiger partial charge in [-0.15, -0.1) is 0 Å². The summed E-state index contributed by atoms with van der Waals surface area (Å²) in [6, 6.07) is 5.14. The number of hydrogen-bond donors (Lipinski definition) is 3. The van der Waals surface area contributed by atoms with Gasteiger partial charge in [0.25, 0.3) is 0 Å². The van der Waals surface area contributed by atoms with Crippen LogP contribution in [0.15, 0.2) is 30.3 Å². The fourth-order valence-corrected chi connectivity index (χ4v) is 2.15. The molecule has 0 heterocycles. The maximum Gasteiger partial charge on any atom is 0.323 e. The lowest BCUT2D eigenvalue weighted by molar-refractivity contribution is 0.262. The summed E-state index contributed by atoms with van der Waals surface area (Å²) in [4.78, 5) is 11.8. The number of nitrogens with one attached hydrogen (secondary N) is 2. The molecule has 2 rings (SSSR count). The molecule has 0 aliphatic rings.